The number of thiocarbonyl (C=S) groups is 1. The molecule has 6 heteroatoms. The van der Waals surface area contributed by atoms with Crippen molar-refractivity contribution in [1.29, 1.82) is 0 Å². The maximum absolute atomic E-state index is 12.1. The van der Waals surface area contributed by atoms with Gasteiger partial charge in [-0.25, -0.2) is 0 Å². The van der Waals surface area contributed by atoms with Crippen LogP contribution in [0.1, 0.15) is 12.5 Å². The van der Waals surface area contributed by atoms with Gasteiger partial charge in [0.05, 0.1) is 13.2 Å². The third-order valence-electron chi connectivity index (χ3n) is 3.27. The Bertz CT molecular complexity index is 490. The summed E-state index contributed by atoms with van der Waals surface area (Å²) in [6.45, 7) is 4.23. The molecular weight excluding hydrogens is 274 g/mol. The summed E-state index contributed by atoms with van der Waals surface area (Å²) in [5.41, 5.74) is 7.39. The van der Waals surface area contributed by atoms with Crippen molar-refractivity contribution in [3.63, 3.8) is 0 Å². The Hall–Kier alpha value is -1.66. The number of hydrogen-bond acceptors (Lipinski definition) is 4. The maximum Gasteiger partial charge on any atom is 0.245 e. The highest BCUT2D eigenvalue weighted by atomic mass is 32.1. The van der Waals surface area contributed by atoms with E-state index in [4.69, 9.17) is 22.7 Å². The van der Waals surface area contributed by atoms with Crippen LogP contribution in [0.15, 0.2) is 24.3 Å². The van der Waals surface area contributed by atoms with Crippen LogP contribution in [-0.4, -0.2) is 43.2 Å². The van der Waals surface area contributed by atoms with Crippen LogP contribution in [0, 0.1) is 0 Å². The average Bonchev–Trinajstić information content (AvgIpc) is 2.47. The van der Waals surface area contributed by atoms with Crippen LogP contribution < -0.4 is 16.0 Å². The van der Waals surface area contributed by atoms with Crippen molar-refractivity contribution < 1.29 is 9.53 Å². The Balaban J connectivity index is 2.18. The summed E-state index contributed by atoms with van der Waals surface area (Å²) in [5, 5.41) is 2.84. The monoisotopic (exact) mass is 293 g/mol. The fraction of sp³-hybridized carbons (Fsp3) is 0.429. The number of hydrogen-bond donors (Lipinski definition) is 2. The van der Waals surface area contributed by atoms with Crippen LogP contribution in [-0.2, 0) is 9.53 Å². The number of anilines is 1. The molecule has 1 saturated heterocycles. The molecule has 1 aliphatic heterocycles. The molecule has 1 fully saturated rings. The molecule has 0 spiro atoms. The smallest absolute Gasteiger partial charge is 0.245 e. The van der Waals surface area contributed by atoms with Gasteiger partial charge in [0.1, 0.15) is 11.0 Å². The van der Waals surface area contributed by atoms with Crippen molar-refractivity contribution >= 4 is 28.8 Å². The Labute approximate surface area is 124 Å². The molecule has 1 heterocycles. The lowest BCUT2D eigenvalue weighted by atomic mass is 10.1. The highest BCUT2D eigenvalue weighted by Crippen LogP contribution is 2.20. The molecule has 20 heavy (non-hydrogen) atoms. The molecule has 2 rings (SSSR count). The molecule has 0 radical (unpaired) electrons. The van der Waals surface area contributed by atoms with E-state index in [0.29, 0.717) is 31.3 Å². The van der Waals surface area contributed by atoms with Gasteiger partial charge in [-0.3, -0.25) is 4.79 Å². The van der Waals surface area contributed by atoms with Gasteiger partial charge >= 0.3 is 0 Å². The van der Waals surface area contributed by atoms with Crippen LogP contribution in [0.4, 0.5) is 5.69 Å². The number of carbonyl (C=O) groups is 1. The van der Waals surface area contributed by atoms with E-state index in [9.17, 15) is 4.79 Å². The third-order valence-corrected chi connectivity index (χ3v) is 3.50. The molecule has 0 aliphatic carbocycles. The standard InChI is InChI=1S/C14H19N3O2S/c1-2-16-14(18)12-9-19-8-7-17(12)11-5-3-10(4-6-11)13(15)20/h3-6,12H,2,7-9H2,1H3,(H2,15,20)(H,16,18). The number of morpholine rings is 1. The van der Waals surface area contributed by atoms with Crippen molar-refractivity contribution in [2.75, 3.05) is 31.2 Å². The van der Waals surface area contributed by atoms with Crippen molar-refractivity contribution in [2.24, 2.45) is 5.73 Å². The Morgan fingerprint density at radius 3 is 2.80 bits per heavy atom. The van der Waals surface area contributed by atoms with Gasteiger partial charge in [0.2, 0.25) is 5.91 Å². The topological polar surface area (TPSA) is 67.6 Å². The number of rotatable bonds is 4. The van der Waals surface area contributed by atoms with Crippen LogP contribution in [0.25, 0.3) is 0 Å². The minimum absolute atomic E-state index is 0.00868. The van der Waals surface area contributed by atoms with E-state index in [1.807, 2.05) is 31.2 Å². The van der Waals surface area contributed by atoms with Crippen LogP contribution in [0.2, 0.25) is 0 Å². The number of nitrogens with one attached hydrogen (secondary N) is 1. The average molecular weight is 293 g/mol. The van der Waals surface area contributed by atoms with Crippen molar-refractivity contribution in [2.45, 2.75) is 13.0 Å². The SMILES string of the molecule is CCNC(=O)C1COCCN1c1ccc(C(N)=S)cc1. The summed E-state index contributed by atoms with van der Waals surface area (Å²) in [7, 11) is 0. The quantitative estimate of drug-likeness (QED) is 0.798. The molecule has 0 aromatic heterocycles. The van der Waals surface area contributed by atoms with Gasteiger partial charge in [-0.15, -0.1) is 0 Å². The summed E-state index contributed by atoms with van der Waals surface area (Å²) in [6, 6.07) is 7.33. The van der Waals surface area contributed by atoms with Crippen LogP contribution >= 0.6 is 12.2 Å². The zero-order chi connectivity index (χ0) is 14.5. The van der Waals surface area contributed by atoms with Gasteiger partial charge in [-0.05, 0) is 31.2 Å². The summed E-state index contributed by atoms with van der Waals surface area (Å²) in [5.74, 6) is -0.00868. The van der Waals surface area contributed by atoms with Gasteiger partial charge < -0.3 is 20.7 Å². The molecule has 5 nitrogen and oxygen atoms in total. The fourth-order valence-corrected chi connectivity index (χ4v) is 2.38. The summed E-state index contributed by atoms with van der Waals surface area (Å²) in [6.07, 6.45) is 0. The van der Waals surface area contributed by atoms with Gasteiger partial charge in [0.25, 0.3) is 0 Å². The minimum Gasteiger partial charge on any atom is -0.389 e. The van der Waals surface area contributed by atoms with Gasteiger partial charge in [-0.2, -0.15) is 0 Å². The molecule has 1 aromatic rings. The molecule has 1 amide bonds. The molecular formula is C14H19N3O2S. The lowest BCUT2D eigenvalue weighted by Gasteiger charge is -2.36. The molecule has 1 aromatic carbocycles. The Morgan fingerprint density at radius 2 is 2.20 bits per heavy atom. The van der Waals surface area contributed by atoms with Gasteiger partial charge in [0.15, 0.2) is 0 Å². The summed E-state index contributed by atoms with van der Waals surface area (Å²) >= 11 is 4.94. The first-order chi connectivity index (χ1) is 9.63. The molecule has 3 N–H and O–H groups in total. The largest absolute Gasteiger partial charge is 0.389 e. The van der Waals surface area contributed by atoms with E-state index >= 15 is 0 Å². The summed E-state index contributed by atoms with van der Waals surface area (Å²) in [4.78, 5) is 14.5. The first-order valence-electron chi connectivity index (χ1n) is 6.65. The van der Waals surface area contributed by atoms with Gasteiger partial charge in [0, 0.05) is 24.3 Å². The zero-order valence-corrected chi connectivity index (χ0v) is 12.3. The molecule has 108 valence electrons. The molecule has 1 aliphatic rings. The number of carbonyl (C=O) groups excluding carboxylic acids is 1. The first kappa shape index (κ1) is 14.7. The second kappa shape index (κ2) is 6.67. The van der Waals surface area contributed by atoms with E-state index in [-0.39, 0.29) is 11.9 Å². The van der Waals surface area contributed by atoms with Gasteiger partial charge in [-0.1, -0.05) is 12.2 Å². The maximum atomic E-state index is 12.1. The second-order valence-electron chi connectivity index (χ2n) is 4.59. The fourth-order valence-electron chi connectivity index (χ4n) is 2.24. The third kappa shape index (κ3) is 3.26. The highest BCUT2D eigenvalue weighted by Gasteiger charge is 2.29. The van der Waals surface area contributed by atoms with Crippen molar-refractivity contribution in [3.8, 4) is 0 Å². The molecule has 1 unspecified atom stereocenters. The number of ether oxygens (including phenoxy) is 1. The van der Waals surface area contributed by atoms with E-state index in [2.05, 4.69) is 10.2 Å². The first-order valence-corrected chi connectivity index (χ1v) is 7.06. The highest BCUT2D eigenvalue weighted by molar-refractivity contribution is 7.80. The Morgan fingerprint density at radius 1 is 1.50 bits per heavy atom. The van der Waals surface area contributed by atoms with E-state index < -0.39 is 0 Å². The van der Waals surface area contributed by atoms with E-state index in [0.717, 1.165) is 11.3 Å². The predicted molar refractivity (Wildman–Crippen MR) is 83.0 cm³/mol. The number of nitrogens with zero attached hydrogens (tertiary/aromatic N) is 1. The minimum atomic E-state index is -0.292. The van der Waals surface area contributed by atoms with E-state index in [1.165, 1.54) is 0 Å². The predicted octanol–water partition coefficient (Wildman–Crippen LogP) is 0.662. The second-order valence-corrected chi connectivity index (χ2v) is 5.03. The van der Waals surface area contributed by atoms with Crippen LogP contribution in [0.3, 0.4) is 0 Å². The van der Waals surface area contributed by atoms with Crippen molar-refractivity contribution in [1.82, 2.24) is 5.32 Å². The lowest BCUT2D eigenvalue weighted by molar-refractivity contribution is -0.124. The number of likely N-dealkylation sites (N-methyl/N-ethyl adjacent to an activating group) is 1. The zero-order valence-electron chi connectivity index (χ0n) is 11.5. The Kier molecular flexibility index (Phi) is 4.92. The number of amides is 1. The summed E-state index contributed by atoms with van der Waals surface area (Å²) < 4.78 is 5.42. The molecule has 0 bridgehead atoms. The van der Waals surface area contributed by atoms with Crippen LogP contribution in [0.5, 0.6) is 0 Å². The lowest BCUT2D eigenvalue weighted by Crippen LogP contribution is -2.54. The number of benzene rings is 1. The van der Waals surface area contributed by atoms with E-state index in [1.54, 1.807) is 0 Å². The normalized spacial score (nSPS) is 18.6. The molecule has 0 saturated carbocycles. The van der Waals surface area contributed by atoms with Crippen molar-refractivity contribution in [3.05, 3.63) is 29.8 Å². The number of nitrogens with two attached hydrogens (primary N) is 1. The molecule has 1 atom stereocenters.